The Morgan fingerprint density at radius 1 is 1.44 bits per heavy atom. The molecule has 0 bridgehead atoms. The molecule has 6 heteroatoms. The number of amides is 1. The summed E-state index contributed by atoms with van der Waals surface area (Å²) in [4.78, 5) is 22.7. The van der Waals surface area contributed by atoms with Gasteiger partial charge in [0.1, 0.15) is 5.82 Å². The van der Waals surface area contributed by atoms with Crippen molar-refractivity contribution in [1.82, 2.24) is 0 Å². The highest BCUT2D eigenvalue weighted by molar-refractivity contribution is 6.01. The maximum atomic E-state index is 13.5. The standard InChI is InChI=1S/C12H12FNO4/c13-9-3-1-2-8(12(16)17)10(9)14-11(15)7-4-5-18-6-7/h1-3,7H,4-6H2,(H,14,15)(H,16,17). The predicted molar refractivity (Wildman–Crippen MR) is 60.9 cm³/mol. The predicted octanol–water partition coefficient (Wildman–Crippen LogP) is 1.50. The first kappa shape index (κ1) is 12.5. The minimum Gasteiger partial charge on any atom is -0.478 e. The van der Waals surface area contributed by atoms with Gasteiger partial charge in [-0.1, -0.05) is 6.07 Å². The van der Waals surface area contributed by atoms with Gasteiger partial charge in [0, 0.05) is 6.61 Å². The van der Waals surface area contributed by atoms with Crippen LogP contribution in [0.1, 0.15) is 16.8 Å². The second-order valence-electron chi connectivity index (χ2n) is 4.02. The summed E-state index contributed by atoms with van der Waals surface area (Å²) in [6, 6.07) is 3.63. The number of rotatable bonds is 3. The molecular formula is C12H12FNO4. The van der Waals surface area contributed by atoms with Gasteiger partial charge in [-0.05, 0) is 18.6 Å². The molecule has 1 amide bonds. The number of nitrogens with one attached hydrogen (secondary N) is 1. The van der Waals surface area contributed by atoms with E-state index in [-0.39, 0.29) is 23.8 Å². The molecule has 0 aliphatic carbocycles. The van der Waals surface area contributed by atoms with E-state index < -0.39 is 17.7 Å². The number of ether oxygens (including phenoxy) is 1. The molecule has 1 aromatic carbocycles. The molecule has 18 heavy (non-hydrogen) atoms. The number of benzene rings is 1. The van der Waals surface area contributed by atoms with Gasteiger partial charge in [0.2, 0.25) is 5.91 Å². The van der Waals surface area contributed by atoms with Gasteiger partial charge >= 0.3 is 5.97 Å². The SMILES string of the molecule is O=C(O)c1cccc(F)c1NC(=O)C1CCOC1. The molecular weight excluding hydrogens is 241 g/mol. The minimum atomic E-state index is -1.28. The quantitative estimate of drug-likeness (QED) is 0.855. The Balaban J connectivity index is 2.22. The summed E-state index contributed by atoms with van der Waals surface area (Å²) in [6.07, 6.45) is 0.558. The van der Waals surface area contributed by atoms with E-state index in [2.05, 4.69) is 5.32 Å². The Bertz CT molecular complexity index is 483. The third-order valence-corrected chi connectivity index (χ3v) is 2.79. The van der Waals surface area contributed by atoms with E-state index in [9.17, 15) is 14.0 Å². The van der Waals surface area contributed by atoms with Crippen LogP contribution in [0.25, 0.3) is 0 Å². The highest BCUT2D eigenvalue weighted by Gasteiger charge is 2.25. The van der Waals surface area contributed by atoms with Crippen molar-refractivity contribution in [2.45, 2.75) is 6.42 Å². The molecule has 0 radical (unpaired) electrons. The lowest BCUT2D eigenvalue weighted by molar-refractivity contribution is -0.119. The van der Waals surface area contributed by atoms with Gasteiger partial charge in [-0.3, -0.25) is 4.79 Å². The van der Waals surface area contributed by atoms with Gasteiger partial charge in [0.25, 0.3) is 0 Å². The number of carbonyl (C=O) groups excluding carboxylic acids is 1. The van der Waals surface area contributed by atoms with Crippen molar-refractivity contribution in [3.63, 3.8) is 0 Å². The van der Waals surface area contributed by atoms with Crippen molar-refractivity contribution >= 4 is 17.6 Å². The minimum absolute atomic E-state index is 0.262. The Morgan fingerprint density at radius 3 is 2.83 bits per heavy atom. The molecule has 1 aromatic rings. The van der Waals surface area contributed by atoms with Gasteiger partial charge in [-0.25, -0.2) is 9.18 Å². The molecule has 1 aliphatic heterocycles. The summed E-state index contributed by atoms with van der Waals surface area (Å²) in [6.45, 7) is 0.768. The van der Waals surface area contributed by atoms with Gasteiger partial charge < -0.3 is 15.2 Å². The fraction of sp³-hybridized carbons (Fsp3) is 0.333. The number of para-hydroxylation sites is 1. The number of anilines is 1. The fourth-order valence-corrected chi connectivity index (χ4v) is 1.80. The molecule has 1 unspecified atom stereocenters. The molecule has 1 aliphatic rings. The smallest absolute Gasteiger partial charge is 0.337 e. The summed E-state index contributed by atoms with van der Waals surface area (Å²) < 4.78 is 18.6. The van der Waals surface area contributed by atoms with Gasteiger partial charge in [0.05, 0.1) is 23.8 Å². The van der Waals surface area contributed by atoms with Crippen LogP contribution in [-0.2, 0) is 9.53 Å². The van der Waals surface area contributed by atoms with Crippen molar-refractivity contribution in [3.8, 4) is 0 Å². The number of carbonyl (C=O) groups is 2. The zero-order chi connectivity index (χ0) is 13.1. The third-order valence-electron chi connectivity index (χ3n) is 2.79. The molecule has 0 saturated carbocycles. The Hall–Kier alpha value is -1.95. The van der Waals surface area contributed by atoms with E-state index in [1.54, 1.807) is 0 Å². The number of carboxylic acid groups (broad SMARTS) is 1. The second-order valence-corrected chi connectivity index (χ2v) is 4.02. The van der Waals surface area contributed by atoms with Crippen molar-refractivity contribution in [2.75, 3.05) is 18.5 Å². The molecule has 2 rings (SSSR count). The zero-order valence-electron chi connectivity index (χ0n) is 9.48. The van der Waals surface area contributed by atoms with Gasteiger partial charge in [-0.15, -0.1) is 0 Å². The summed E-state index contributed by atoms with van der Waals surface area (Å²) in [5.74, 6) is -2.82. The maximum Gasteiger partial charge on any atom is 0.337 e. The number of carboxylic acids is 1. The van der Waals surface area contributed by atoms with Crippen molar-refractivity contribution < 1.29 is 23.8 Å². The van der Waals surface area contributed by atoms with Crippen LogP contribution < -0.4 is 5.32 Å². The largest absolute Gasteiger partial charge is 0.478 e. The molecule has 1 saturated heterocycles. The molecule has 1 atom stereocenters. The highest BCUT2D eigenvalue weighted by atomic mass is 19.1. The van der Waals surface area contributed by atoms with Crippen LogP contribution in [0.2, 0.25) is 0 Å². The lowest BCUT2D eigenvalue weighted by Crippen LogP contribution is -2.24. The van der Waals surface area contributed by atoms with E-state index >= 15 is 0 Å². The molecule has 2 N–H and O–H groups in total. The topological polar surface area (TPSA) is 75.6 Å². The number of hydrogen-bond donors (Lipinski definition) is 2. The maximum absolute atomic E-state index is 13.5. The zero-order valence-corrected chi connectivity index (χ0v) is 9.48. The summed E-state index contributed by atoms with van der Waals surface area (Å²) in [5, 5.41) is 11.3. The number of hydrogen-bond acceptors (Lipinski definition) is 3. The van der Waals surface area contributed by atoms with E-state index in [0.717, 1.165) is 6.07 Å². The lowest BCUT2D eigenvalue weighted by Gasteiger charge is -2.12. The van der Waals surface area contributed by atoms with Crippen LogP contribution in [0.4, 0.5) is 10.1 Å². The van der Waals surface area contributed by atoms with E-state index in [1.165, 1.54) is 12.1 Å². The first-order valence-electron chi connectivity index (χ1n) is 5.50. The molecule has 5 nitrogen and oxygen atoms in total. The Kier molecular flexibility index (Phi) is 3.57. The van der Waals surface area contributed by atoms with E-state index in [4.69, 9.17) is 9.84 Å². The van der Waals surface area contributed by atoms with Gasteiger partial charge in [-0.2, -0.15) is 0 Å². The second kappa shape index (κ2) is 5.14. The number of halogens is 1. The van der Waals surface area contributed by atoms with E-state index in [0.29, 0.717) is 13.0 Å². The summed E-state index contributed by atoms with van der Waals surface area (Å²) in [7, 11) is 0. The van der Waals surface area contributed by atoms with Crippen molar-refractivity contribution in [3.05, 3.63) is 29.6 Å². The average Bonchev–Trinajstić information content (AvgIpc) is 2.85. The Morgan fingerprint density at radius 2 is 2.22 bits per heavy atom. The van der Waals surface area contributed by atoms with E-state index in [1.807, 2.05) is 0 Å². The van der Waals surface area contributed by atoms with Gasteiger partial charge in [0.15, 0.2) is 0 Å². The van der Waals surface area contributed by atoms with Crippen LogP contribution >= 0.6 is 0 Å². The first-order valence-corrected chi connectivity index (χ1v) is 5.50. The molecule has 1 fully saturated rings. The summed E-state index contributed by atoms with van der Waals surface area (Å²) in [5.41, 5.74) is -0.552. The highest BCUT2D eigenvalue weighted by Crippen LogP contribution is 2.22. The summed E-state index contributed by atoms with van der Waals surface area (Å²) >= 11 is 0. The monoisotopic (exact) mass is 253 g/mol. The van der Waals surface area contributed by atoms with Crippen molar-refractivity contribution in [2.24, 2.45) is 5.92 Å². The molecule has 96 valence electrons. The van der Waals surface area contributed by atoms with Crippen LogP contribution in [0.5, 0.6) is 0 Å². The van der Waals surface area contributed by atoms with Crippen LogP contribution in [0.15, 0.2) is 18.2 Å². The van der Waals surface area contributed by atoms with Crippen LogP contribution in [0, 0.1) is 11.7 Å². The molecule has 0 aromatic heterocycles. The Labute approximate surface area is 103 Å². The fourth-order valence-electron chi connectivity index (χ4n) is 1.80. The molecule has 0 spiro atoms. The van der Waals surface area contributed by atoms with Crippen LogP contribution in [0.3, 0.4) is 0 Å². The van der Waals surface area contributed by atoms with Crippen molar-refractivity contribution in [1.29, 1.82) is 0 Å². The third kappa shape index (κ3) is 2.48. The lowest BCUT2D eigenvalue weighted by atomic mass is 10.1. The van der Waals surface area contributed by atoms with Crippen LogP contribution in [-0.4, -0.2) is 30.2 Å². The average molecular weight is 253 g/mol. The normalized spacial score (nSPS) is 18.6. The number of aromatic carboxylic acids is 1. The molecule has 1 heterocycles. The first-order chi connectivity index (χ1) is 8.59.